The highest BCUT2D eigenvalue weighted by Gasteiger charge is 2.16. The first-order valence-electron chi connectivity index (χ1n) is 6.20. The van der Waals surface area contributed by atoms with Crippen molar-refractivity contribution in [2.75, 3.05) is 18.9 Å². The molecule has 17 heavy (non-hydrogen) atoms. The van der Waals surface area contributed by atoms with E-state index in [9.17, 15) is 4.79 Å². The van der Waals surface area contributed by atoms with E-state index in [1.54, 1.807) is 0 Å². The number of likely N-dealkylation sites (tertiary alicyclic amines) is 1. The second-order valence-electron chi connectivity index (χ2n) is 4.43. The summed E-state index contributed by atoms with van der Waals surface area (Å²) >= 11 is 0. The third kappa shape index (κ3) is 3.19. The van der Waals surface area contributed by atoms with E-state index in [4.69, 9.17) is 0 Å². The number of hydrogen-bond acceptors (Lipinski definition) is 3. The molecule has 1 aliphatic rings. The van der Waals surface area contributed by atoms with E-state index in [0.717, 1.165) is 30.8 Å². The lowest BCUT2D eigenvalue weighted by Gasteiger charge is -2.20. The van der Waals surface area contributed by atoms with Crippen LogP contribution in [0.5, 0.6) is 0 Å². The van der Waals surface area contributed by atoms with Crippen molar-refractivity contribution in [2.45, 2.75) is 32.2 Å². The molecule has 0 spiro atoms. The van der Waals surface area contributed by atoms with E-state index >= 15 is 0 Å². The molecule has 0 radical (unpaired) electrons. The van der Waals surface area contributed by atoms with Crippen LogP contribution in [-0.2, 0) is 11.3 Å². The minimum absolute atomic E-state index is 0.278. The third-order valence-corrected chi connectivity index (χ3v) is 3.13. The Morgan fingerprint density at radius 3 is 2.94 bits per heavy atom. The molecule has 4 nitrogen and oxygen atoms in total. The fourth-order valence-electron chi connectivity index (χ4n) is 2.09. The van der Waals surface area contributed by atoms with Crippen molar-refractivity contribution in [2.24, 2.45) is 0 Å². The van der Waals surface area contributed by atoms with E-state index in [1.807, 2.05) is 30.3 Å². The van der Waals surface area contributed by atoms with Gasteiger partial charge in [0.15, 0.2) is 0 Å². The topological polar surface area (TPSA) is 45.2 Å². The van der Waals surface area contributed by atoms with Gasteiger partial charge in [0.1, 0.15) is 5.82 Å². The van der Waals surface area contributed by atoms with Crippen LogP contribution in [0, 0.1) is 0 Å². The molecule has 1 aliphatic heterocycles. The van der Waals surface area contributed by atoms with E-state index in [1.165, 1.54) is 6.42 Å². The zero-order chi connectivity index (χ0) is 12.1. The number of nitrogens with zero attached hydrogens (tertiary/aromatic N) is 2. The number of anilines is 1. The number of carbonyl (C=O) groups excluding carboxylic acids is 1. The number of aromatic nitrogens is 1. The van der Waals surface area contributed by atoms with E-state index in [0.29, 0.717) is 13.0 Å². The fourth-order valence-corrected chi connectivity index (χ4v) is 2.09. The average Bonchev–Trinajstić information content (AvgIpc) is 2.56. The Labute approximate surface area is 102 Å². The Kier molecular flexibility index (Phi) is 3.96. The first-order chi connectivity index (χ1) is 8.29. The van der Waals surface area contributed by atoms with Gasteiger partial charge in [-0.1, -0.05) is 12.5 Å². The Bertz CT molecular complexity index is 375. The number of carbonyl (C=O) groups is 1. The van der Waals surface area contributed by atoms with Crippen LogP contribution in [0.1, 0.15) is 31.2 Å². The summed E-state index contributed by atoms with van der Waals surface area (Å²) in [6.07, 6.45) is 5.85. The molecule has 1 fully saturated rings. The molecule has 1 saturated heterocycles. The van der Waals surface area contributed by atoms with Gasteiger partial charge in [-0.05, 0) is 24.5 Å². The summed E-state index contributed by atoms with van der Waals surface area (Å²) in [5.41, 5.74) is 1.10. The predicted molar refractivity (Wildman–Crippen MR) is 67.7 cm³/mol. The highest BCUT2D eigenvalue weighted by molar-refractivity contribution is 5.76. The average molecular weight is 233 g/mol. The highest BCUT2D eigenvalue weighted by Crippen LogP contribution is 2.14. The van der Waals surface area contributed by atoms with E-state index in [-0.39, 0.29) is 5.91 Å². The maximum absolute atomic E-state index is 11.8. The second kappa shape index (κ2) is 5.66. The molecular weight excluding hydrogens is 214 g/mol. The fraction of sp³-hybridized carbons (Fsp3) is 0.538. The lowest BCUT2D eigenvalue weighted by molar-refractivity contribution is -0.131. The van der Waals surface area contributed by atoms with Gasteiger partial charge >= 0.3 is 0 Å². The van der Waals surface area contributed by atoms with E-state index in [2.05, 4.69) is 10.3 Å². The smallest absolute Gasteiger partial charge is 0.222 e. The van der Waals surface area contributed by atoms with Gasteiger partial charge < -0.3 is 10.2 Å². The molecule has 1 aromatic rings. The predicted octanol–water partition coefficient (Wildman–Crippen LogP) is 2.03. The Morgan fingerprint density at radius 1 is 1.35 bits per heavy atom. The Balaban J connectivity index is 2.00. The van der Waals surface area contributed by atoms with Crippen molar-refractivity contribution in [3.8, 4) is 0 Å². The first kappa shape index (κ1) is 11.9. The van der Waals surface area contributed by atoms with Crippen molar-refractivity contribution >= 4 is 11.7 Å². The van der Waals surface area contributed by atoms with Gasteiger partial charge in [0.05, 0.1) is 0 Å². The minimum atomic E-state index is 0.278. The van der Waals surface area contributed by atoms with Crippen molar-refractivity contribution in [1.29, 1.82) is 0 Å². The molecule has 0 unspecified atom stereocenters. The third-order valence-electron chi connectivity index (χ3n) is 3.13. The lowest BCUT2D eigenvalue weighted by atomic mass is 10.2. The number of hydrogen-bond donors (Lipinski definition) is 1. The van der Waals surface area contributed by atoms with Gasteiger partial charge in [0, 0.05) is 32.8 Å². The molecular formula is C13H19N3O. The standard InChI is InChI=1S/C13H19N3O/c1-14-12-7-6-11(9-15-12)10-16-8-4-2-3-5-13(16)17/h6-7,9H,2-5,8,10H2,1H3,(H,14,15). The van der Waals surface area contributed by atoms with Gasteiger partial charge in [-0.15, -0.1) is 0 Å². The Hall–Kier alpha value is -1.58. The monoisotopic (exact) mass is 233 g/mol. The van der Waals surface area contributed by atoms with Crippen molar-refractivity contribution < 1.29 is 4.79 Å². The highest BCUT2D eigenvalue weighted by atomic mass is 16.2. The molecule has 0 aliphatic carbocycles. The van der Waals surface area contributed by atoms with Crippen LogP contribution in [-0.4, -0.2) is 29.4 Å². The van der Waals surface area contributed by atoms with Crippen LogP contribution < -0.4 is 5.32 Å². The van der Waals surface area contributed by atoms with Gasteiger partial charge in [-0.25, -0.2) is 4.98 Å². The van der Waals surface area contributed by atoms with Crippen LogP contribution >= 0.6 is 0 Å². The van der Waals surface area contributed by atoms with Crippen molar-refractivity contribution in [3.63, 3.8) is 0 Å². The van der Waals surface area contributed by atoms with Gasteiger partial charge in [0.25, 0.3) is 0 Å². The minimum Gasteiger partial charge on any atom is -0.373 e. The molecule has 0 saturated carbocycles. The number of rotatable bonds is 3. The zero-order valence-corrected chi connectivity index (χ0v) is 10.3. The Morgan fingerprint density at radius 2 is 2.24 bits per heavy atom. The zero-order valence-electron chi connectivity index (χ0n) is 10.3. The van der Waals surface area contributed by atoms with Crippen LogP contribution in [0.3, 0.4) is 0 Å². The molecule has 2 heterocycles. The molecule has 0 atom stereocenters. The van der Waals surface area contributed by atoms with Gasteiger partial charge in [-0.2, -0.15) is 0 Å². The summed E-state index contributed by atoms with van der Waals surface area (Å²) in [7, 11) is 1.85. The second-order valence-corrected chi connectivity index (χ2v) is 4.43. The summed E-state index contributed by atoms with van der Waals surface area (Å²) in [6.45, 7) is 1.57. The molecule has 1 N–H and O–H groups in total. The van der Waals surface area contributed by atoms with Gasteiger partial charge in [0.2, 0.25) is 5.91 Å². The molecule has 4 heteroatoms. The maximum Gasteiger partial charge on any atom is 0.222 e. The lowest BCUT2D eigenvalue weighted by Crippen LogP contribution is -2.29. The van der Waals surface area contributed by atoms with Crippen LogP contribution in [0.2, 0.25) is 0 Å². The summed E-state index contributed by atoms with van der Waals surface area (Å²) in [4.78, 5) is 18.0. The first-order valence-corrected chi connectivity index (χ1v) is 6.20. The SMILES string of the molecule is CNc1ccc(CN2CCCCCC2=O)cn1. The normalized spacial score (nSPS) is 16.8. The summed E-state index contributed by atoms with van der Waals surface area (Å²) in [5, 5.41) is 2.98. The maximum atomic E-state index is 11.8. The summed E-state index contributed by atoms with van der Waals surface area (Å²) in [6, 6.07) is 3.97. The molecule has 0 aromatic carbocycles. The molecule has 92 valence electrons. The van der Waals surface area contributed by atoms with Crippen LogP contribution in [0.4, 0.5) is 5.82 Å². The van der Waals surface area contributed by atoms with Crippen molar-refractivity contribution in [3.05, 3.63) is 23.9 Å². The quantitative estimate of drug-likeness (QED) is 0.868. The molecule has 1 amide bonds. The number of pyridine rings is 1. The largest absolute Gasteiger partial charge is 0.373 e. The summed E-state index contributed by atoms with van der Waals surface area (Å²) in [5.74, 6) is 1.14. The molecule has 0 bridgehead atoms. The van der Waals surface area contributed by atoms with Crippen LogP contribution in [0.25, 0.3) is 0 Å². The number of nitrogens with one attached hydrogen (secondary N) is 1. The van der Waals surface area contributed by atoms with Crippen molar-refractivity contribution in [1.82, 2.24) is 9.88 Å². The number of amides is 1. The van der Waals surface area contributed by atoms with E-state index < -0.39 is 0 Å². The molecule has 2 rings (SSSR count). The van der Waals surface area contributed by atoms with Gasteiger partial charge in [-0.3, -0.25) is 4.79 Å². The molecule has 1 aromatic heterocycles. The summed E-state index contributed by atoms with van der Waals surface area (Å²) < 4.78 is 0. The van der Waals surface area contributed by atoms with Crippen LogP contribution in [0.15, 0.2) is 18.3 Å².